The Morgan fingerprint density at radius 2 is 2.00 bits per heavy atom. The van der Waals surface area contributed by atoms with Crippen LogP contribution < -0.4 is 0 Å². The summed E-state index contributed by atoms with van der Waals surface area (Å²) >= 11 is 0. The summed E-state index contributed by atoms with van der Waals surface area (Å²) in [5.41, 5.74) is 1.44. The molecule has 0 saturated heterocycles. The van der Waals surface area contributed by atoms with Gasteiger partial charge in [0.2, 0.25) is 0 Å². The summed E-state index contributed by atoms with van der Waals surface area (Å²) in [5.74, 6) is -0.103. The first-order valence-corrected chi connectivity index (χ1v) is 7.29. The van der Waals surface area contributed by atoms with Crippen molar-refractivity contribution in [1.29, 1.82) is 0 Å². The summed E-state index contributed by atoms with van der Waals surface area (Å²) in [4.78, 5) is 11.7. The number of ether oxygens (including phenoxy) is 1. The van der Waals surface area contributed by atoms with Crippen LogP contribution in [0.25, 0.3) is 0 Å². The molecule has 0 amide bonds. The molecule has 0 radical (unpaired) electrons. The first-order valence-electron chi connectivity index (χ1n) is 7.29. The second kappa shape index (κ2) is 9.60. The van der Waals surface area contributed by atoms with Crippen molar-refractivity contribution in [2.24, 2.45) is 5.92 Å². The first-order chi connectivity index (χ1) is 9.24. The molecule has 0 heterocycles. The molecule has 1 unspecified atom stereocenters. The van der Waals surface area contributed by atoms with Gasteiger partial charge >= 0.3 is 5.97 Å². The number of allylic oxidation sites excluding steroid dienone is 6. The van der Waals surface area contributed by atoms with E-state index in [2.05, 4.69) is 31.2 Å². The minimum atomic E-state index is -0.0909. The van der Waals surface area contributed by atoms with Gasteiger partial charge in [0.25, 0.3) is 0 Å². The molecule has 2 nitrogen and oxygen atoms in total. The number of esters is 1. The third-order valence-corrected chi connectivity index (χ3v) is 3.54. The van der Waals surface area contributed by atoms with E-state index in [1.807, 2.05) is 6.08 Å². The number of hydrogen-bond acceptors (Lipinski definition) is 2. The van der Waals surface area contributed by atoms with E-state index in [9.17, 15) is 4.79 Å². The van der Waals surface area contributed by atoms with E-state index < -0.39 is 0 Å². The number of hydrogen-bond donors (Lipinski definition) is 0. The minimum absolute atomic E-state index is 0.0124. The lowest BCUT2D eigenvalue weighted by molar-refractivity contribution is -0.145. The average Bonchev–Trinajstić information content (AvgIpc) is 2.42. The number of rotatable bonds is 1. The maximum absolute atomic E-state index is 11.7. The van der Waals surface area contributed by atoms with Crippen molar-refractivity contribution in [3.63, 3.8) is 0 Å². The highest BCUT2D eigenvalue weighted by Gasteiger charge is 2.16. The predicted molar refractivity (Wildman–Crippen MR) is 79.9 cm³/mol. The van der Waals surface area contributed by atoms with Crippen LogP contribution in [0.4, 0.5) is 0 Å². The Kier molecular flexibility index (Phi) is 7.95. The van der Waals surface area contributed by atoms with E-state index in [1.54, 1.807) is 0 Å². The lowest BCUT2D eigenvalue weighted by Gasteiger charge is -2.11. The van der Waals surface area contributed by atoms with Crippen LogP contribution in [0.1, 0.15) is 51.9 Å². The molecule has 0 spiro atoms. The van der Waals surface area contributed by atoms with Crippen molar-refractivity contribution in [3.05, 3.63) is 36.0 Å². The molecule has 0 aromatic heterocycles. The number of carbonyl (C=O) groups excluding carboxylic acids is 1. The fraction of sp³-hybridized carbons (Fsp3) is 0.588. The fourth-order valence-corrected chi connectivity index (χ4v) is 2.29. The Bertz CT molecular complexity index is 350. The molecule has 0 saturated carbocycles. The number of carbonyl (C=O) groups is 1. The Hall–Kier alpha value is -1.31. The van der Waals surface area contributed by atoms with Gasteiger partial charge in [-0.1, -0.05) is 36.0 Å². The van der Waals surface area contributed by atoms with Crippen LogP contribution in [0.3, 0.4) is 0 Å². The van der Waals surface area contributed by atoms with E-state index in [1.165, 1.54) is 31.9 Å². The molecule has 0 aromatic rings. The van der Waals surface area contributed by atoms with Gasteiger partial charge < -0.3 is 4.74 Å². The molecule has 1 rings (SSSR count). The zero-order valence-corrected chi connectivity index (χ0v) is 12.2. The van der Waals surface area contributed by atoms with Gasteiger partial charge in [0.15, 0.2) is 0 Å². The first kappa shape index (κ1) is 15.7. The van der Waals surface area contributed by atoms with Gasteiger partial charge in [-0.05, 0) is 51.9 Å². The molecule has 0 N–H and O–H groups in total. The molecule has 0 fully saturated rings. The summed E-state index contributed by atoms with van der Waals surface area (Å²) in [6.07, 6.45) is 18.1. The summed E-state index contributed by atoms with van der Waals surface area (Å²) in [6, 6.07) is 0. The third-order valence-electron chi connectivity index (χ3n) is 3.54. The van der Waals surface area contributed by atoms with Gasteiger partial charge in [-0.2, -0.15) is 0 Å². The summed E-state index contributed by atoms with van der Waals surface area (Å²) in [5, 5.41) is 0. The molecule has 0 aromatic carbocycles. The highest BCUT2D eigenvalue weighted by molar-refractivity contribution is 5.72. The minimum Gasteiger partial charge on any atom is -0.469 e. The van der Waals surface area contributed by atoms with Gasteiger partial charge in [0.05, 0.1) is 13.0 Å². The lowest BCUT2D eigenvalue weighted by Crippen LogP contribution is -2.15. The highest BCUT2D eigenvalue weighted by atomic mass is 16.5. The van der Waals surface area contributed by atoms with Crippen molar-refractivity contribution in [3.8, 4) is 0 Å². The maximum atomic E-state index is 11.7. The SMILES string of the molecule is COC(=O)C1C/C=C\C=C/CCCC/C(C)=C\CC1. The van der Waals surface area contributed by atoms with Crippen molar-refractivity contribution >= 4 is 5.97 Å². The summed E-state index contributed by atoms with van der Waals surface area (Å²) < 4.78 is 4.87. The van der Waals surface area contributed by atoms with Crippen molar-refractivity contribution < 1.29 is 9.53 Å². The van der Waals surface area contributed by atoms with Crippen LogP contribution in [-0.4, -0.2) is 13.1 Å². The third kappa shape index (κ3) is 7.00. The van der Waals surface area contributed by atoms with Gasteiger partial charge in [-0.15, -0.1) is 0 Å². The van der Waals surface area contributed by atoms with E-state index in [0.717, 1.165) is 25.7 Å². The van der Waals surface area contributed by atoms with Crippen LogP contribution in [0, 0.1) is 5.92 Å². The zero-order chi connectivity index (χ0) is 13.9. The van der Waals surface area contributed by atoms with Crippen LogP contribution >= 0.6 is 0 Å². The molecule has 1 atom stereocenters. The Labute approximate surface area is 117 Å². The normalized spacial score (nSPS) is 28.5. The fourth-order valence-electron chi connectivity index (χ4n) is 2.29. The lowest BCUT2D eigenvalue weighted by atomic mass is 9.97. The van der Waals surface area contributed by atoms with Crippen LogP contribution in [0.5, 0.6) is 0 Å². The molecule has 106 valence electrons. The van der Waals surface area contributed by atoms with E-state index in [0.29, 0.717) is 0 Å². The molecular formula is C17H26O2. The van der Waals surface area contributed by atoms with Crippen LogP contribution in [0.15, 0.2) is 36.0 Å². The van der Waals surface area contributed by atoms with Gasteiger partial charge in [0.1, 0.15) is 0 Å². The maximum Gasteiger partial charge on any atom is 0.308 e. The standard InChI is InChI=1S/C17H26O2/c1-15-11-8-6-4-3-5-7-9-13-16(14-10-12-15)17(18)19-2/h3,5,7,9,12,16H,4,6,8,10-11,13-14H2,1-2H3/b5-3-,9-7-,15-12-. The molecule has 2 heteroatoms. The van der Waals surface area contributed by atoms with E-state index >= 15 is 0 Å². The largest absolute Gasteiger partial charge is 0.469 e. The molecule has 1 aliphatic carbocycles. The van der Waals surface area contributed by atoms with Crippen molar-refractivity contribution in [2.45, 2.75) is 51.9 Å². The molecule has 0 aliphatic heterocycles. The number of methoxy groups -OCH3 is 1. The van der Waals surface area contributed by atoms with Crippen molar-refractivity contribution in [2.75, 3.05) is 7.11 Å². The van der Waals surface area contributed by atoms with Crippen LogP contribution in [0.2, 0.25) is 0 Å². The smallest absolute Gasteiger partial charge is 0.308 e. The molecular weight excluding hydrogens is 236 g/mol. The van der Waals surface area contributed by atoms with E-state index in [4.69, 9.17) is 4.74 Å². The average molecular weight is 262 g/mol. The summed E-state index contributed by atoms with van der Waals surface area (Å²) in [6.45, 7) is 2.19. The van der Waals surface area contributed by atoms with Crippen molar-refractivity contribution in [1.82, 2.24) is 0 Å². The monoisotopic (exact) mass is 262 g/mol. The van der Waals surface area contributed by atoms with Gasteiger partial charge in [-0.25, -0.2) is 0 Å². The Morgan fingerprint density at radius 1 is 1.21 bits per heavy atom. The molecule has 1 aliphatic rings. The quantitative estimate of drug-likeness (QED) is 0.511. The topological polar surface area (TPSA) is 26.3 Å². The van der Waals surface area contributed by atoms with Crippen LogP contribution in [-0.2, 0) is 9.53 Å². The Balaban J connectivity index is 2.64. The highest BCUT2D eigenvalue weighted by Crippen LogP contribution is 2.17. The molecule has 19 heavy (non-hydrogen) atoms. The Morgan fingerprint density at radius 3 is 2.79 bits per heavy atom. The summed E-state index contributed by atoms with van der Waals surface area (Å²) in [7, 11) is 1.47. The predicted octanol–water partition coefficient (Wildman–Crippen LogP) is 4.58. The van der Waals surface area contributed by atoms with E-state index in [-0.39, 0.29) is 11.9 Å². The second-order valence-corrected chi connectivity index (χ2v) is 5.19. The zero-order valence-electron chi connectivity index (χ0n) is 12.2. The van der Waals surface area contributed by atoms with Gasteiger partial charge in [0, 0.05) is 0 Å². The molecule has 0 bridgehead atoms. The second-order valence-electron chi connectivity index (χ2n) is 5.19. The van der Waals surface area contributed by atoms with Gasteiger partial charge in [-0.3, -0.25) is 4.79 Å².